The van der Waals surface area contributed by atoms with Gasteiger partial charge in [-0.1, -0.05) is 11.8 Å². The van der Waals surface area contributed by atoms with E-state index in [4.69, 9.17) is 10.5 Å². The van der Waals surface area contributed by atoms with Crippen molar-refractivity contribution in [1.29, 1.82) is 0 Å². The van der Waals surface area contributed by atoms with Crippen LogP contribution in [-0.2, 0) is 5.75 Å². The maximum Gasteiger partial charge on any atom is 0.159 e. The summed E-state index contributed by atoms with van der Waals surface area (Å²) in [5.41, 5.74) is 7.30. The first-order chi connectivity index (χ1) is 9.67. The molecule has 4 nitrogen and oxygen atoms in total. The number of nitrogens with zero attached hydrogens (tertiary/aromatic N) is 2. The second kappa shape index (κ2) is 10.3. The van der Waals surface area contributed by atoms with Gasteiger partial charge >= 0.3 is 0 Å². The van der Waals surface area contributed by atoms with Crippen LogP contribution in [0.15, 0.2) is 47.6 Å². The highest BCUT2D eigenvalue weighted by atomic mass is 35.5. The Labute approximate surface area is 145 Å². The highest BCUT2D eigenvalue weighted by Crippen LogP contribution is 2.18. The van der Waals surface area contributed by atoms with Crippen molar-refractivity contribution in [3.8, 4) is 5.75 Å². The molecule has 0 aliphatic heterocycles. The Kier molecular flexibility index (Phi) is 9.56. The van der Waals surface area contributed by atoms with Gasteiger partial charge in [0.25, 0.3) is 0 Å². The molecule has 1 heterocycles. The van der Waals surface area contributed by atoms with Crippen molar-refractivity contribution in [2.75, 3.05) is 7.11 Å². The van der Waals surface area contributed by atoms with Gasteiger partial charge in [-0.3, -0.25) is 4.98 Å². The molecule has 1 aromatic carbocycles. The average Bonchev–Trinajstić information content (AvgIpc) is 2.48. The van der Waals surface area contributed by atoms with Crippen LogP contribution in [0.1, 0.15) is 5.69 Å². The van der Waals surface area contributed by atoms with Gasteiger partial charge in [0.1, 0.15) is 11.6 Å². The van der Waals surface area contributed by atoms with Crippen molar-refractivity contribution in [1.82, 2.24) is 4.98 Å². The van der Waals surface area contributed by atoms with E-state index >= 15 is 0 Å². The van der Waals surface area contributed by atoms with Crippen LogP contribution < -0.4 is 10.5 Å². The topological polar surface area (TPSA) is 60.5 Å². The number of benzene rings is 1. The lowest BCUT2D eigenvalue weighted by atomic mass is 10.3. The van der Waals surface area contributed by atoms with Gasteiger partial charge in [0.15, 0.2) is 5.17 Å². The van der Waals surface area contributed by atoms with E-state index in [1.165, 1.54) is 23.9 Å². The van der Waals surface area contributed by atoms with Crippen LogP contribution in [0.25, 0.3) is 0 Å². The van der Waals surface area contributed by atoms with Crippen LogP contribution in [0.3, 0.4) is 0 Å². The Morgan fingerprint density at radius 2 is 1.95 bits per heavy atom. The molecule has 2 rings (SSSR count). The summed E-state index contributed by atoms with van der Waals surface area (Å²) in [5, 5.41) is 0.404. The molecule has 22 heavy (non-hydrogen) atoms. The molecule has 0 spiro atoms. The summed E-state index contributed by atoms with van der Waals surface area (Å²) in [7, 11) is 1.61. The summed E-state index contributed by atoms with van der Waals surface area (Å²) in [5.74, 6) is 1.05. The van der Waals surface area contributed by atoms with Crippen LogP contribution in [0.5, 0.6) is 5.75 Å². The van der Waals surface area contributed by atoms with Gasteiger partial charge in [0.05, 0.1) is 18.5 Å². The van der Waals surface area contributed by atoms with Crippen LogP contribution >= 0.6 is 36.6 Å². The standard InChI is InChI=1S/C14H14FN3OS.2ClH/c1-19-13-6-7-17-12(8-13)9-20-14(16)18-11-4-2-10(15)3-5-11;;/h2-8H,9H2,1H3,(H2,16,18);2*1H. The van der Waals surface area contributed by atoms with Gasteiger partial charge in [-0.25, -0.2) is 9.38 Å². The monoisotopic (exact) mass is 363 g/mol. The average molecular weight is 364 g/mol. The maximum atomic E-state index is 12.8. The van der Waals surface area contributed by atoms with E-state index in [9.17, 15) is 4.39 Å². The minimum atomic E-state index is -0.296. The number of hydrogen-bond acceptors (Lipinski definition) is 4. The second-order valence-electron chi connectivity index (χ2n) is 3.90. The van der Waals surface area contributed by atoms with Crippen LogP contribution in [0, 0.1) is 5.82 Å². The van der Waals surface area contributed by atoms with E-state index in [1.807, 2.05) is 6.07 Å². The molecule has 120 valence electrons. The Morgan fingerprint density at radius 1 is 1.27 bits per heavy atom. The molecule has 0 radical (unpaired) electrons. The van der Waals surface area contributed by atoms with Crippen molar-refractivity contribution in [2.24, 2.45) is 10.7 Å². The third-order valence-corrected chi connectivity index (χ3v) is 3.28. The quantitative estimate of drug-likeness (QED) is 0.659. The molecular weight excluding hydrogens is 348 g/mol. The number of thioether (sulfide) groups is 1. The third-order valence-electron chi connectivity index (χ3n) is 2.46. The fraction of sp³-hybridized carbons (Fsp3) is 0.143. The van der Waals surface area contributed by atoms with Crippen LogP contribution in [-0.4, -0.2) is 17.3 Å². The third kappa shape index (κ3) is 6.51. The Morgan fingerprint density at radius 3 is 2.59 bits per heavy atom. The minimum Gasteiger partial charge on any atom is -0.497 e. The highest BCUT2D eigenvalue weighted by molar-refractivity contribution is 8.13. The number of aromatic nitrogens is 1. The summed E-state index contributed by atoms with van der Waals surface area (Å²) < 4.78 is 17.9. The number of pyridine rings is 1. The molecule has 8 heteroatoms. The molecule has 0 aliphatic carbocycles. The lowest BCUT2D eigenvalue weighted by Crippen LogP contribution is -2.06. The van der Waals surface area contributed by atoms with Gasteiger partial charge in [0.2, 0.25) is 0 Å². The van der Waals surface area contributed by atoms with Gasteiger partial charge in [-0.15, -0.1) is 24.8 Å². The number of rotatable bonds is 4. The van der Waals surface area contributed by atoms with Gasteiger partial charge in [-0.2, -0.15) is 0 Å². The second-order valence-corrected chi connectivity index (χ2v) is 4.90. The molecule has 0 saturated heterocycles. The van der Waals surface area contributed by atoms with E-state index in [1.54, 1.807) is 31.5 Å². The fourth-order valence-corrected chi connectivity index (χ4v) is 2.11. The molecule has 0 atom stereocenters. The molecular formula is C14H16Cl2FN3OS. The lowest BCUT2D eigenvalue weighted by Gasteiger charge is -2.03. The zero-order chi connectivity index (χ0) is 14.4. The number of nitrogens with two attached hydrogens (primary N) is 1. The summed E-state index contributed by atoms with van der Waals surface area (Å²) in [6, 6.07) is 9.47. The summed E-state index contributed by atoms with van der Waals surface area (Å²) in [6.07, 6.45) is 1.68. The number of hydrogen-bond donors (Lipinski definition) is 1. The number of halogens is 3. The summed E-state index contributed by atoms with van der Waals surface area (Å²) >= 11 is 1.36. The molecule has 0 fully saturated rings. The molecule has 0 saturated carbocycles. The van der Waals surface area contributed by atoms with Gasteiger partial charge in [-0.05, 0) is 30.3 Å². The number of ether oxygens (including phenoxy) is 1. The molecule has 1 aromatic heterocycles. The first-order valence-corrected chi connectivity index (χ1v) is 6.87. The molecule has 2 aromatic rings. The van der Waals surface area contributed by atoms with E-state index in [0.29, 0.717) is 16.6 Å². The van der Waals surface area contributed by atoms with E-state index in [0.717, 1.165) is 11.4 Å². The van der Waals surface area contributed by atoms with Crippen molar-refractivity contribution < 1.29 is 9.13 Å². The Bertz CT molecular complexity index is 611. The minimum absolute atomic E-state index is 0. The Hall–Kier alpha value is -1.50. The predicted octanol–water partition coefficient (Wildman–Crippen LogP) is 3.95. The van der Waals surface area contributed by atoms with Gasteiger partial charge < -0.3 is 10.5 Å². The lowest BCUT2D eigenvalue weighted by molar-refractivity contribution is 0.413. The van der Waals surface area contributed by atoms with Crippen LogP contribution in [0.2, 0.25) is 0 Å². The molecule has 0 aliphatic rings. The number of amidine groups is 1. The SMILES string of the molecule is COc1ccnc(CSC(N)=Nc2ccc(F)cc2)c1.Cl.Cl. The molecule has 0 unspecified atom stereocenters. The zero-order valence-electron chi connectivity index (χ0n) is 11.7. The normalized spacial score (nSPS) is 10.4. The summed E-state index contributed by atoms with van der Waals surface area (Å²) in [4.78, 5) is 8.41. The van der Waals surface area contributed by atoms with Gasteiger partial charge in [0, 0.05) is 18.0 Å². The van der Waals surface area contributed by atoms with Crippen molar-refractivity contribution in [3.05, 3.63) is 54.1 Å². The molecule has 0 bridgehead atoms. The highest BCUT2D eigenvalue weighted by Gasteiger charge is 2.01. The first-order valence-electron chi connectivity index (χ1n) is 5.89. The van der Waals surface area contributed by atoms with Crippen molar-refractivity contribution in [2.45, 2.75) is 5.75 Å². The largest absolute Gasteiger partial charge is 0.497 e. The van der Waals surface area contributed by atoms with Crippen molar-refractivity contribution in [3.63, 3.8) is 0 Å². The fourth-order valence-electron chi connectivity index (χ4n) is 1.48. The Balaban J connectivity index is 0.00000220. The van der Waals surface area contributed by atoms with E-state index in [2.05, 4.69) is 9.98 Å². The zero-order valence-corrected chi connectivity index (χ0v) is 14.2. The van der Waals surface area contributed by atoms with E-state index in [-0.39, 0.29) is 30.6 Å². The molecule has 0 amide bonds. The summed E-state index contributed by atoms with van der Waals surface area (Å²) in [6.45, 7) is 0. The van der Waals surface area contributed by atoms with E-state index < -0.39 is 0 Å². The first kappa shape index (κ1) is 20.5. The van der Waals surface area contributed by atoms with Crippen LogP contribution in [0.4, 0.5) is 10.1 Å². The number of methoxy groups -OCH3 is 1. The predicted molar refractivity (Wildman–Crippen MR) is 94.3 cm³/mol. The number of aliphatic imine (C=N–C) groups is 1. The molecule has 2 N–H and O–H groups in total. The maximum absolute atomic E-state index is 12.8. The smallest absolute Gasteiger partial charge is 0.159 e. The van der Waals surface area contributed by atoms with Crippen molar-refractivity contribution >= 4 is 47.4 Å².